The van der Waals surface area contributed by atoms with Gasteiger partial charge in [-0.1, -0.05) is 20.8 Å². The van der Waals surface area contributed by atoms with Crippen molar-refractivity contribution in [1.29, 1.82) is 0 Å². The Morgan fingerprint density at radius 3 is 2.57 bits per heavy atom. The SMILES string of the molecule is CCCN[C@@H](C(=O)N[C@@H]1CC[C@@H](C(O)CO)OC1)C(C)C. The van der Waals surface area contributed by atoms with E-state index < -0.39 is 6.10 Å². The third-order valence-electron chi connectivity index (χ3n) is 3.84. The second kappa shape index (κ2) is 9.35. The molecule has 1 saturated heterocycles. The summed E-state index contributed by atoms with van der Waals surface area (Å²) in [6.07, 6.45) is 1.22. The number of rotatable bonds is 8. The highest BCUT2D eigenvalue weighted by molar-refractivity contribution is 5.82. The monoisotopic (exact) mass is 302 g/mol. The minimum atomic E-state index is -0.837. The third-order valence-corrected chi connectivity index (χ3v) is 3.84. The van der Waals surface area contributed by atoms with Crippen LogP contribution in [0.3, 0.4) is 0 Å². The molecule has 0 spiro atoms. The lowest BCUT2D eigenvalue weighted by Crippen LogP contribution is -2.53. The molecule has 6 heteroatoms. The molecule has 124 valence electrons. The van der Waals surface area contributed by atoms with Crippen LogP contribution in [-0.2, 0) is 9.53 Å². The first kappa shape index (κ1) is 18.4. The van der Waals surface area contributed by atoms with Crippen molar-refractivity contribution in [3.05, 3.63) is 0 Å². The Morgan fingerprint density at radius 1 is 1.38 bits per heavy atom. The zero-order valence-corrected chi connectivity index (χ0v) is 13.3. The van der Waals surface area contributed by atoms with Crippen molar-refractivity contribution < 1.29 is 19.7 Å². The quantitative estimate of drug-likeness (QED) is 0.508. The van der Waals surface area contributed by atoms with Crippen LogP contribution in [0.15, 0.2) is 0 Å². The van der Waals surface area contributed by atoms with Gasteiger partial charge < -0.3 is 25.6 Å². The van der Waals surface area contributed by atoms with E-state index >= 15 is 0 Å². The molecule has 0 aromatic heterocycles. The van der Waals surface area contributed by atoms with Crippen LogP contribution < -0.4 is 10.6 Å². The van der Waals surface area contributed by atoms with Crippen molar-refractivity contribution in [2.45, 2.75) is 64.3 Å². The van der Waals surface area contributed by atoms with Crippen molar-refractivity contribution in [1.82, 2.24) is 10.6 Å². The van der Waals surface area contributed by atoms with Crippen LogP contribution in [0.25, 0.3) is 0 Å². The minimum absolute atomic E-state index is 0.00760. The molecule has 0 radical (unpaired) electrons. The molecule has 1 fully saturated rings. The van der Waals surface area contributed by atoms with Crippen molar-refractivity contribution in [2.75, 3.05) is 19.8 Å². The number of carbonyl (C=O) groups is 1. The van der Waals surface area contributed by atoms with Crippen molar-refractivity contribution >= 4 is 5.91 Å². The number of nitrogens with one attached hydrogen (secondary N) is 2. The Morgan fingerprint density at radius 2 is 2.10 bits per heavy atom. The zero-order chi connectivity index (χ0) is 15.8. The summed E-state index contributed by atoms with van der Waals surface area (Å²) in [4.78, 5) is 12.3. The first-order valence-electron chi connectivity index (χ1n) is 7.93. The first-order chi connectivity index (χ1) is 9.99. The van der Waals surface area contributed by atoms with E-state index in [0.29, 0.717) is 13.0 Å². The largest absolute Gasteiger partial charge is 0.394 e. The van der Waals surface area contributed by atoms with Gasteiger partial charge in [0.15, 0.2) is 0 Å². The molecule has 4 N–H and O–H groups in total. The maximum Gasteiger partial charge on any atom is 0.237 e. The molecule has 0 aromatic carbocycles. The van der Waals surface area contributed by atoms with E-state index in [4.69, 9.17) is 9.84 Å². The fourth-order valence-electron chi connectivity index (χ4n) is 2.53. The summed E-state index contributed by atoms with van der Waals surface area (Å²) in [5.41, 5.74) is 0. The molecule has 0 aromatic rings. The molecule has 0 bridgehead atoms. The predicted octanol–water partition coefficient (Wildman–Crippen LogP) is 0.0276. The molecule has 1 amide bonds. The standard InChI is InChI=1S/C15H30N2O4/c1-4-7-16-14(10(2)3)15(20)17-11-5-6-13(21-9-11)12(19)8-18/h10-14,16,18-19H,4-9H2,1-3H3,(H,17,20)/t11-,12?,13+,14-/m1/s1. The number of hydrogen-bond acceptors (Lipinski definition) is 5. The number of aliphatic hydroxyl groups is 2. The van der Waals surface area contributed by atoms with Crippen LogP contribution in [0.4, 0.5) is 0 Å². The minimum Gasteiger partial charge on any atom is -0.394 e. The summed E-state index contributed by atoms with van der Waals surface area (Å²) in [7, 11) is 0. The van der Waals surface area contributed by atoms with Gasteiger partial charge in [0, 0.05) is 0 Å². The Bertz CT molecular complexity index is 304. The summed E-state index contributed by atoms with van der Waals surface area (Å²) in [5, 5.41) is 24.7. The molecule has 1 aliphatic rings. The summed E-state index contributed by atoms with van der Waals surface area (Å²) < 4.78 is 5.52. The molecule has 6 nitrogen and oxygen atoms in total. The average molecular weight is 302 g/mol. The van der Waals surface area contributed by atoms with Gasteiger partial charge >= 0.3 is 0 Å². The molecule has 4 atom stereocenters. The Kier molecular flexibility index (Phi) is 8.18. The van der Waals surface area contributed by atoms with Gasteiger partial charge in [-0.25, -0.2) is 0 Å². The first-order valence-corrected chi connectivity index (χ1v) is 7.93. The smallest absolute Gasteiger partial charge is 0.237 e. The van der Waals surface area contributed by atoms with Gasteiger partial charge in [-0.2, -0.15) is 0 Å². The average Bonchev–Trinajstić information content (AvgIpc) is 2.47. The summed E-state index contributed by atoms with van der Waals surface area (Å²) in [5.74, 6) is 0.234. The molecule has 0 aliphatic carbocycles. The van der Waals surface area contributed by atoms with Crippen LogP contribution in [0, 0.1) is 5.92 Å². The van der Waals surface area contributed by atoms with E-state index in [9.17, 15) is 9.90 Å². The zero-order valence-electron chi connectivity index (χ0n) is 13.3. The molecular formula is C15H30N2O4. The molecular weight excluding hydrogens is 272 g/mol. The van der Waals surface area contributed by atoms with E-state index in [1.54, 1.807) is 0 Å². The number of amides is 1. The van der Waals surface area contributed by atoms with Gasteiger partial charge in [-0.05, 0) is 31.7 Å². The van der Waals surface area contributed by atoms with E-state index in [-0.39, 0.29) is 36.6 Å². The van der Waals surface area contributed by atoms with Crippen LogP contribution in [0.5, 0.6) is 0 Å². The summed E-state index contributed by atoms with van der Waals surface area (Å²) in [6, 6.07) is -0.213. The Labute approximate surface area is 127 Å². The second-order valence-electron chi connectivity index (χ2n) is 6.08. The maximum atomic E-state index is 12.3. The van der Waals surface area contributed by atoms with Crippen molar-refractivity contribution in [3.8, 4) is 0 Å². The van der Waals surface area contributed by atoms with E-state index in [1.165, 1.54) is 0 Å². The molecule has 0 saturated carbocycles. The van der Waals surface area contributed by atoms with E-state index in [1.807, 2.05) is 13.8 Å². The number of ether oxygens (including phenoxy) is 1. The number of carbonyl (C=O) groups excluding carboxylic acids is 1. The highest BCUT2D eigenvalue weighted by atomic mass is 16.5. The van der Waals surface area contributed by atoms with Crippen LogP contribution in [0.1, 0.15) is 40.0 Å². The lowest BCUT2D eigenvalue weighted by atomic mass is 9.99. The van der Waals surface area contributed by atoms with Gasteiger partial charge in [0.2, 0.25) is 5.91 Å². The Balaban J connectivity index is 2.41. The lowest BCUT2D eigenvalue weighted by molar-refractivity contribution is -0.128. The summed E-state index contributed by atoms with van der Waals surface area (Å²) >= 11 is 0. The number of aliphatic hydroxyl groups excluding tert-OH is 2. The van der Waals surface area contributed by atoms with Gasteiger partial charge in [-0.15, -0.1) is 0 Å². The molecule has 1 aliphatic heterocycles. The maximum absolute atomic E-state index is 12.3. The molecule has 1 rings (SSSR count). The topological polar surface area (TPSA) is 90.8 Å². The lowest BCUT2D eigenvalue weighted by Gasteiger charge is -2.33. The van der Waals surface area contributed by atoms with Crippen molar-refractivity contribution in [3.63, 3.8) is 0 Å². The van der Waals surface area contributed by atoms with Crippen LogP contribution in [0.2, 0.25) is 0 Å². The van der Waals surface area contributed by atoms with Crippen LogP contribution in [-0.4, -0.2) is 60.2 Å². The molecule has 21 heavy (non-hydrogen) atoms. The fourth-order valence-corrected chi connectivity index (χ4v) is 2.53. The van der Waals surface area contributed by atoms with Crippen LogP contribution >= 0.6 is 0 Å². The third kappa shape index (κ3) is 5.90. The normalized spacial score (nSPS) is 25.6. The van der Waals surface area contributed by atoms with Gasteiger partial charge in [0.1, 0.15) is 6.10 Å². The van der Waals surface area contributed by atoms with Gasteiger partial charge in [0.25, 0.3) is 0 Å². The van der Waals surface area contributed by atoms with Crippen molar-refractivity contribution in [2.24, 2.45) is 5.92 Å². The second-order valence-corrected chi connectivity index (χ2v) is 6.08. The van der Waals surface area contributed by atoms with Gasteiger partial charge in [-0.3, -0.25) is 4.79 Å². The van der Waals surface area contributed by atoms with E-state index in [0.717, 1.165) is 19.4 Å². The Hall–Kier alpha value is -0.690. The summed E-state index contributed by atoms with van der Waals surface area (Å²) in [6.45, 7) is 7.03. The predicted molar refractivity (Wildman–Crippen MR) is 80.9 cm³/mol. The van der Waals surface area contributed by atoms with Gasteiger partial charge in [0.05, 0.1) is 31.4 Å². The fraction of sp³-hybridized carbons (Fsp3) is 0.933. The molecule has 1 unspecified atom stereocenters. The highest BCUT2D eigenvalue weighted by Gasteiger charge is 2.29. The van der Waals surface area contributed by atoms with E-state index in [2.05, 4.69) is 17.6 Å². The number of hydrogen-bond donors (Lipinski definition) is 4. The molecule has 1 heterocycles. The highest BCUT2D eigenvalue weighted by Crippen LogP contribution is 2.17.